The smallest absolute Gasteiger partial charge is 0.154 e. The Morgan fingerprint density at radius 3 is 2.54 bits per heavy atom. The predicted molar refractivity (Wildman–Crippen MR) is 112 cm³/mol. The van der Waals surface area contributed by atoms with Crippen molar-refractivity contribution in [2.75, 3.05) is 6.54 Å². The molecule has 0 radical (unpaired) electrons. The van der Waals surface area contributed by atoms with Crippen LogP contribution < -0.4 is 4.74 Å². The molecule has 0 bridgehead atoms. The van der Waals surface area contributed by atoms with Crippen LogP contribution in [0.2, 0.25) is 5.02 Å². The van der Waals surface area contributed by atoms with Gasteiger partial charge in [-0.1, -0.05) is 75.0 Å². The van der Waals surface area contributed by atoms with E-state index < -0.39 is 11.4 Å². The van der Waals surface area contributed by atoms with Gasteiger partial charge in [-0.05, 0) is 27.9 Å². The van der Waals surface area contributed by atoms with E-state index in [1.165, 1.54) is 12.5 Å². The third-order valence-corrected chi connectivity index (χ3v) is 6.70. The largest absolute Gasteiger partial charge is 0.480 e. The van der Waals surface area contributed by atoms with Gasteiger partial charge < -0.3 is 4.74 Å². The first-order chi connectivity index (χ1) is 12.4. The van der Waals surface area contributed by atoms with Crippen molar-refractivity contribution in [3.05, 3.63) is 62.8 Å². The molecular weight excluding hydrogens is 437 g/mol. The van der Waals surface area contributed by atoms with Crippen molar-refractivity contribution >= 4 is 40.3 Å². The van der Waals surface area contributed by atoms with Gasteiger partial charge in [-0.2, -0.15) is 0 Å². The SMILES string of the molecule is CCC.Fc1cc2c(c(Br)c1Cl)CC(c1ccccc1)(C1CCN1S)O2. The lowest BCUT2D eigenvalue weighted by atomic mass is 9.78. The van der Waals surface area contributed by atoms with Crippen LogP contribution in [-0.4, -0.2) is 16.9 Å². The first-order valence-corrected chi connectivity index (χ1v) is 10.4. The molecule has 2 aromatic rings. The Labute approximate surface area is 173 Å². The van der Waals surface area contributed by atoms with E-state index in [1.54, 1.807) is 0 Å². The number of ether oxygens (including phenoxy) is 1. The number of benzene rings is 2. The summed E-state index contributed by atoms with van der Waals surface area (Å²) in [5.74, 6) is 0.0775. The second-order valence-corrected chi connectivity index (χ2v) is 8.36. The van der Waals surface area contributed by atoms with E-state index in [4.69, 9.17) is 16.3 Å². The van der Waals surface area contributed by atoms with Crippen molar-refractivity contribution in [3.8, 4) is 5.75 Å². The number of fused-ring (bicyclic) bond motifs is 1. The molecule has 0 amide bonds. The third kappa shape index (κ3) is 3.39. The monoisotopic (exact) mass is 457 g/mol. The Kier molecular flexibility index (Phi) is 6.22. The summed E-state index contributed by atoms with van der Waals surface area (Å²) < 4.78 is 22.9. The van der Waals surface area contributed by atoms with Gasteiger partial charge in [0.05, 0.1) is 11.1 Å². The molecule has 0 aliphatic carbocycles. The molecule has 2 nitrogen and oxygen atoms in total. The van der Waals surface area contributed by atoms with E-state index in [2.05, 4.69) is 54.7 Å². The van der Waals surface area contributed by atoms with Crippen molar-refractivity contribution in [2.24, 2.45) is 0 Å². The van der Waals surface area contributed by atoms with Gasteiger partial charge in [0.25, 0.3) is 0 Å². The summed E-state index contributed by atoms with van der Waals surface area (Å²) in [5, 5.41) is 0.104. The van der Waals surface area contributed by atoms with Gasteiger partial charge in [-0.3, -0.25) is 0 Å². The highest BCUT2D eigenvalue weighted by atomic mass is 79.9. The van der Waals surface area contributed by atoms with Gasteiger partial charge >= 0.3 is 0 Å². The summed E-state index contributed by atoms with van der Waals surface area (Å²) in [7, 11) is 0. The molecule has 2 aliphatic rings. The summed E-state index contributed by atoms with van der Waals surface area (Å²) in [6, 6.07) is 11.6. The minimum atomic E-state index is -0.566. The Morgan fingerprint density at radius 2 is 2.00 bits per heavy atom. The highest BCUT2D eigenvalue weighted by Gasteiger charge is 2.53. The van der Waals surface area contributed by atoms with Crippen molar-refractivity contribution in [1.82, 2.24) is 4.31 Å². The second kappa shape index (κ2) is 8.09. The van der Waals surface area contributed by atoms with Crippen LogP contribution in [0.5, 0.6) is 5.75 Å². The summed E-state index contributed by atoms with van der Waals surface area (Å²) in [5.41, 5.74) is 1.42. The van der Waals surface area contributed by atoms with Gasteiger partial charge in [0.15, 0.2) is 5.60 Å². The maximum Gasteiger partial charge on any atom is 0.154 e. The van der Waals surface area contributed by atoms with Crippen LogP contribution in [0.3, 0.4) is 0 Å². The number of hydrogen-bond donors (Lipinski definition) is 1. The fourth-order valence-corrected chi connectivity index (χ4v) is 4.58. The van der Waals surface area contributed by atoms with Crippen LogP contribution >= 0.6 is 40.3 Å². The van der Waals surface area contributed by atoms with Crippen LogP contribution in [0, 0.1) is 5.82 Å². The lowest BCUT2D eigenvalue weighted by molar-refractivity contribution is -0.0219. The second-order valence-electron chi connectivity index (χ2n) is 6.67. The summed E-state index contributed by atoms with van der Waals surface area (Å²) in [6.45, 7) is 5.17. The maximum absolute atomic E-state index is 14.0. The van der Waals surface area contributed by atoms with Crippen molar-refractivity contribution in [1.29, 1.82) is 0 Å². The third-order valence-electron chi connectivity index (χ3n) is 4.75. The molecule has 2 atom stereocenters. The number of thiol groups is 1. The lowest BCUT2D eigenvalue weighted by Crippen LogP contribution is -2.57. The molecule has 2 aromatic carbocycles. The van der Waals surface area contributed by atoms with Crippen LogP contribution in [-0.2, 0) is 12.0 Å². The van der Waals surface area contributed by atoms with Crippen molar-refractivity contribution in [2.45, 2.75) is 44.8 Å². The molecule has 0 N–H and O–H groups in total. The van der Waals surface area contributed by atoms with E-state index in [-0.39, 0.29) is 11.1 Å². The number of hydrogen-bond acceptors (Lipinski definition) is 3. The Morgan fingerprint density at radius 1 is 1.35 bits per heavy atom. The van der Waals surface area contributed by atoms with E-state index in [9.17, 15) is 4.39 Å². The normalized spacial score (nSPS) is 24.2. The number of rotatable bonds is 2. The molecule has 2 aliphatic heterocycles. The summed E-state index contributed by atoms with van der Waals surface area (Å²) >= 11 is 14.0. The molecule has 4 rings (SSSR count). The standard InChI is InChI=1S/C17H14BrClFNOS.C3H8/c18-15-11-9-17(14-6-7-21(14)23,10-4-2-1-3-5-10)22-13(11)8-12(20)16(15)19;1-3-2/h1-5,8,14,23H,6-7,9H2;3H2,1-2H3. The number of halogens is 3. The molecule has 1 saturated heterocycles. The molecule has 0 spiro atoms. The average Bonchev–Trinajstić information content (AvgIpc) is 3.00. The van der Waals surface area contributed by atoms with Crippen LogP contribution in [0.25, 0.3) is 0 Å². The van der Waals surface area contributed by atoms with Gasteiger partial charge in [0.1, 0.15) is 11.6 Å². The van der Waals surface area contributed by atoms with Crippen molar-refractivity contribution in [3.63, 3.8) is 0 Å². The average molecular weight is 459 g/mol. The maximum atomic E-state index is 14.0. The molecule has 6 heteroatoms. The molecule has 140 valence electrons. The summed E-state index contributed by atoms with van der Waals surface area (Å²) in [6.07, 6.45) is 2.87. The fraction of sp³-hybridized carbons (Fsp3) is 0.400. The first-order valence-electron chi connectivity index (χ1n) is 8.81. The van der Waals surface area contributed by atoms with Crippen molar-refractivity contribution < 1.29 is 9.13 Å². The molecule has 2 unspecified atom stereocenters. The predicted octanol–water partition coefficient (Wildman–Crippen LogP) is 6.41. The zero-order valence-electron chi connectivity index (χ0n) is 14.8. The van der Waals surface area contributed by atoms with E-state index in [0.717, 1.165) is 24.1 Å². The summed E-state index contributed by atoms with van der Waals surface area (Å²) in [4.78, 5) is 0. The van der Waals surface area contributed by atoms with Gasteiger partial charge in [-0.25, -0.2) is 8.70 Å². The minimum Gasteiger partial charge on any atom is -0.480 e. The zero-order chi connectivity index (χ0) is 18.9. The van der Waals surface area contributed by atoms with E-state index in [1.807, 2.05) is 22.5 Å². The fourth-order valence-electron chi connectivity index (χ4n) is 3.47. The molecule has 0 saturated carbocycles. The van der Waals surface area contributed by atoms with Crippen LogP contribution in [0.4, 0.5) is 4.39 Å². The molecule has 1 fully saturated rings. The van der Waals surface area contributed by atoms with Crippen LogP contribution in [0.1, 0.15) is 37.8 Å². The topological polar surface area (TPSA) is 12.5 Å². The molecule has 2 heterocycles. The molecular formula is C20H22BrClFNOS. The number of nitrogens with zero attached hydrogens (tertiary/aromatic N) is 1. The lowest BCUT2D eigenvalue weighted by Gasteiger charge is -2.47. The highest BCUT2D eigenvalue weighted by Crippen LogP contribution is 2.52. The van der Waals surface area contributed by atoms with Crippen LogP contribution in [0.15, 0.2) is 40.9 Å². The highest BCUT2D eigenvalue weighted by molar-refractivity contribution is 9.10. The van der Waals surface area contributed by atoms with E-state index in [0.29, 0.717) is 16.6 Å². The van der Waals surface area contributed by atoms with Gasteiger partial charge in [0.2, 0.25) is 0 Å². The van der Waals surface area contributed by atoms with Gasteiger partial charge in [-0.15, -0.1) is 0 Å². The zero-order valence-corrected chi connectivity index (χ0v) is 18.0. The van der Waals surface area contributed by atoms with E-state index >= 15 is 0 Å². The molecule has 26 heavy (non-hydrogen) atoms. The Balaban J connectivity index is 0.000000613. The quantitative estimate of drug-likeness (QED) is 0.412. The Bertz CT molecular complexity index is 791. The Hall–Kier alpha value is -0.750. The minimum absolute atomic E-state index is 0.104. The van der Waals surface area contributed by atoms with Gasteiger partial charge in [0, 0.05) is 29.1 Å². The first kappa shape index (κ1) is 20.0. The molecule has 0 aromatic heterocycles.